The van der Waals surface area contributed by atoms with E-state index in [1.807, 2.05) is 36.9 Å². The average Bonchev–Trinajstić information content (AvgIpc) is 3.10. The molecule has 0 bridgehead atoms. The number of carbonyl (C=O) groups is 1. The molecule has 4 rings (SSSR count). The van der Waals surface area contributed by atoms with E-state index in [2.05, 4.69) is 4.99 Å². The van der Waals surface area contributed by atoms with Crippen molar-refractivity contribution >= 4 is 38.4 Å². The average molecular weight is 433 g/mol. The van der Waals surface area contributed by atoms with Crippen LogP contribution in [0, 0.1) is 19.7 Å². The second kappa shape index (κ2) is 7.57. The minimum Gasteiger partial charge on any atom is -0.315 e. The lowest BCUT2D eigenvalue weighted by atomic mass is 10.1. The molecule has 2 aromatic rings. The predicted octanol–water partition coefficient (Wildman–Crippen LogP) is 3.29. The summed E-state index contributed by atoms with van der Waals surface area (Å²) < 4.78 is 37.5. The number of aliphatic imine (C=N–C) groups is 1. The molecule has 2 aliphatic heterocycles. The van der Waals surface area contributed by atoms with E-state index in [1.54, 1.807) is 12.1 Å². The van der Waals surface area contributed by atoms with Crippen molar-refractivity contribution in [3.05, 3.63) is 65.0 Å². The maximum atomic E-state index is 13.1. The maximum Gasteiger partial charge on any atom is 0.252 e. The number of anilines is 1. The lowest BCUT2D eigenvalue weighted by Gasteiger charge is -2.26. The summed E-state index contributed by atoms with van der Waals surface area (Å²) in [5.41, 5.74) is 3.62. The number of amidine groups is 1. The van der Waals surface area contributed by atoms with Crippen LogP contribution in [0.5, 0.6) is 0 Å². The highest BCUT2D eigenvalue weighted by Crippen LogP contribution is 2.42. The number of nitrogens with zero attached hydrogens (tertiary/aromatic N) is 2. The third kappa shape index (κ3) is 4.23. The Kier molecular flexibility index (Phi) is 5.25. The molecule has 5 nitrogen and oxygen atoms in total. The number of carbonyl (C=O) groups excluding carboxylic acids is 1. The standard InChI is InChI=1S/C21H21FN2O3S2/c1-13-3-4-14(2)17(9-13)24-18-11-29(26,27)12-19(18)28-21(24)23-20(25)10-15-5-7-16(22)8-6-15/h3-9,18-19H,10-12H2,1-2H3/t18-,19+/m0/s1. The van der Waals surface area contributed by atoms with Crippen molar-refractivity contribution in [2.75, 3.05) is 16.4 Å². The molecule has 8 heteroatoms. The van der Waals surface area contributed by atoms with E-state index < -0.39 is 9.84 Å². The van der Waals surface area contributed by atoms with Gasteiger partial charge in [0.2, 0.25) is 0 Å². The fourth-order valence-corrected chi connectivity index (χ4v) is 7.67. The number of thioether (sulfide) groups is 1. The summed E-state index contributed by atoms with van der Waals surface area (Å²) in [4.78, 5) is 18.8. The Bertz CT molecular complexity index is 1100. The van der Waals surface area contributed by atoms with Gasteiger partial charge in [-0.2, -0.15) is 4.99 Å². The summed E-state index contributed by atoms with van der Waals surface area (Å²) in [7, 11) is -3.11. The topological polar surface area (TPSA) is 66.8 Å². The van der Waals surface area contributed by atoms with E-state index in [0.717, 1.165) is 16.8 Å². The lowest BCUT2D eigenvalue weighted by molar-refractivity contribution is -0.117. The van der Waals surface area contributed by atoms with Crippen molar-refractivity contribution in [1.82, 2.24) is 0 Å². The molecule has 0 unspecified atom stereocenters. The molecule has 2 saturated heterocycles. The van der Waals surface area contributed by atoms with Gasteiger partial charge in [0.05, 0.1) is 24.0 Å². The van der Waals surface area contributed by atoms with Crippen molar-refractivity contribution in [2.24, 2.45) is 4.99 Å². The van der Waals surface area contributed by atoms with Gasteiger partial charge in [0.1, 0.15) is 5.82 Å². The smallest absolute Gasteiger partial charge is 0.252 e. The Morgan fingerprint density at radius 3 is 2.62 bits per heavy atom. The van der Waals surface area contributed by atoms with Gasteiger partial charge in [-0.25, -0.2) is 12.8 Å². The van der Waals surface area contributed by atoms with Gasteiger partial charge >= 0.3 is 0 Å². The first-order valence-corrected chi connectivity index (χ1v) is 12.0. The molecule has 2 fully saturated rings. The van der Waals surface area contributed by atoms with Gasteiger partial charge in [-0.15, -0.1) is 0 Å². The van der Waals surface area contributed by atoms with Gasteiger partial charge in [-0.05, 0) is 48.7 Å². The Balaban J connectivity index is 1.67. The highest BCUT2D eigenvalue weighted by Gasteiger charge is 2.49. The monoisotopic (exact) mass is 432 g/mol. The molecule has 0 spiro atoms. The van der Waals surface area contributed by atoms with Gasteiger partial charge in [-0.1, -0.05) is 36.0 Å². The molecule has 1 amide bonds. The van der Waals surface area contributed by atoms with Gasteiger partial charge in [0.15, 0.2) is 15.0 Å². The van der Waals surface area contributed by atoms with Crippen LogP contribution in [0.15, 0.2) is 47.5 Å². The molecule has 2 atom stereocenters. The highest BCUT2D eigenvalue weighted by molar-refractivity contribution is 8.16. The summed E-state index contributed by atoms with van der Waals surface area (Å²) in [6.07, 6.45) is 0.0681. The predicted molar refractivity (Wildman–Crippen MR) is 115 cm³/mol. The molecule has 0 radical (unpaired) electrons. The summed E-state index contributed by atoms with van der Waals surface area (Å²) in [5, 5.41) is 0.396. The number of halogens is 1. The molecule has 0 aromatic heterocycles. The number of rotatable bonds is 3. The Hall–Kier alpha value is -2.19. The Morgan fingerprint density at radius 2 is 1.90 bits per heavy atom. The summed E-state index contributed by atoms with van der Waals surface area (Å²) in [6, 6.07) is 11.5. The van der Waals surface area contributed by atoms with Crippen LogP contribution in [0.4, 0.5) is 10.1 Å². The second-order valence-electron chi connectivity index (χ2n) is 7.55. The first-order chi connectivity index (χ1) is 13.7. The largest absolute Gasteiger partial charge is 0.315 e. The zero-order valence-corrected chi connectivity index (χ0v) is 17.8. The first kappa shape index (κ1) is 20.1. The molecule has 29 heavy (non-hydrogen) atoms. The van der Waals surface area contributed by atoms with Crippen LogP contribution in [0.2, 0.25) is 0 Å². The van der Waals surface area contributed by atoms with E-state index in [9.17, 15) is 17.6 Å². The second-order valence-corrected chi connectivity index (χ2v) is 10.9. The van der Waals surface area contributed by atoms with Crippen molar-refractivity contribution in [3.63, 3.8) is 0 Å². The molecule has 2 heterocycles. The van der Waals surface area contributed by atoms with Crippen molar-refractivity contribution < 1.29 is 17.6 Å². The summed E-state index contributed by atoms with van der Waals surface area (Å²) in [5.74, 6) is -0.538. The fourth-order valence-electron chi connectivity index (χ4n) is 3.75. The fraction of sp³-hybridized carbons (Fsp3) is 0.333. The number of amides is 1. The number of aryl methyl sites for hydroxylation is 2. The van der Waals surface area contributed by atoms with Gasteiger partial charge in [-0.3, -0.25) is 4.79 Å². The molecule has 2 aromatic carbocycles. The van der Waals surface area contributed by atoms with E-state index in [4.69, 9.17) is 0 Å². The van der Waals surface area contributed by atoms with Crippen LogP contribution in [0.25, 0.3) is 0 Å². The van der Waals surface area contributed by atoms with Crippen LogP contribution in [-0.4, -0.2) is 42.3 Å². The van der Waals surface area contributed by atoms with Gasteiger partial charge < -0.3 is 4.90 Å². The van der Waals surface area contributed by atoms with E-state index in [-0.39, 0.29) is 40.9 Å². The van der Waals surface area contributed by atoms with Gasteiger partial charge in [0, 0.05) is 10.9 Å². The van der Waals surface area contributed by atoms with Crippen LogP contribution in [0.1, 0.15) is 16.7 Å². The van der Waals surface area contributed by atoms with Crippen LogP contribution >= 0.6 is 11.8 Å². The minimum atomic E-state index is -3.11. The number of benzene rings is 2. The zero-order valence-electron chi connectivity index (χ0n) is 16.1. The third-order valence-electron chi connectivity index (χ3n) is 5.18. The summed E-state index contributed by atoms with van der Waals surface area (Å²) in [6.45, 7) is 3.94. The van der Waals surface area contributed by atoms with Gasteiger partial charge in [0.25, 0.3) is 5.91 Å². The molecule has 0 saturated carbocycles. The quantitative estimate of drug-likeness (QED) is 0.745. The molecule has 0 aliphatic carbocycles. The van der Waals surface area contributed by atoms with Crippen LogP contribution in [0.3, 0.4) is 0 Å². The Labute approximate surface area is 173 Å². The summed E-state index contributed by atoms with van der Waals surface area (Å²) >= 11 is 1.36. The highest BCUT2D eigenvalue weighted by atomic mass is 32.2. The number of hydrogen-bond acceptors (Lipinski definition) is 4. The van der Waals surface area contributed by atoms with Crippen molar-refractivity contribution in [2.45, 2.75) is 31.6 Å². The molecule has 0 N–H and O–H groups in total. The molecule has 2 aliphatic rings. The lowest BCUT2D eigenvalue weighted by Crippen LogP contribution is -2.38. The number of sulfone groups is 1. The van der Waals surface area contributed by atoms with Crippen molar-refractivity contribution in [1.29, 1.82) is 0 Å². The molecule has 152 valence electrons. The number of hydrogen-bond donors (Lipinski definition) is 0. The van der Waals surface area contributed by atoms with E-state index in [1.165, 1.54) is 23.9 Å². The van der Waals surface area contributed by atoms with E-state index in [0.29, 0.717) is 10.7 Å². The van der Waals surface area contributed by atoms with E-state index >= 15 is 0 Å². The number of fused-ring (bicyclic) bond motifs is 1. The van der Waals surface area contributed by atoms with Crippen LogP contribution in [-0.2, 0) is 21.1 Å². The van der Waals surface area contributed by atoms with Crippen LogP contribution < -0.4 is 4.90 Å². The minimum absolute atomic E-state index is 0.0588. The maximum absolute atomic E-state index is 13.1. The normalized spacial score (nSPS) is 24.1. The molecular formula is C21H21FN2O3S2. The SMILES string of the molecule is Cc1ccc(C)c(N2C(=NC(=O)Cc3ccc(F)cc3)S[C@@H]3CS(=O)(=O)C[C@@H]32)c1. The zero-order chi connectivity index (χ0) is 20.8. The third-order valence-corrected chi connectivity index (χ3v) is 8.39. The van der Waals surface area contributed by atoms with Crippen molar-refractivity contribution in [3.8, 4) is 0 Å². The first-order valence-electron chi connectivity index (χ1n) is 9.31. The Morgan fingerprint density at radius 1 is 1.17 bits per heavy atom. The molecular weight excluding hydrogens is 411 g/mol.